The lowest BCUT2D eigenvalue weighted by Gasteiger charge is -2.41. The van der Waals surface area contributed by atoms with E-state index in [9.17, 15) is 9.59 Å². The number of amides is 1. The molecule has 1 fully saturated rings. The topological polar surface area (TPSA) is 37.4 Å². The molecule has 1 rings (SSSR count). The third-order valence-corrected chi connectivity index (χ3v) is 3.07. The summed E-state index contributed by atoms with van der Waals surface area (Å²) in [7, 11) is 0. The lowest BCUT2D eigenvalue weighted by atomic mass is 9.93. The second-order valence-corrected chi connectivity index (χ2v) is 6.17. The fourth-order valence-electron chi connectivity index (χ4n) is 1.39. The van der Waals surface area contributed by atoms with Crippen LogP contribution in [0.2, 0.25) is 0 Å². The zero-order chi connectivity index (χ0) is 10.9. The zero-order valence-electron chi connectivity index (χ0n) is 9.16. The molecule has 1 saturated heterocycles. The normalized spacial score (nSPS) is 17.9. The monoisotopic (exact) mass is 215 g/mol. The summed E-state index contributed by atoms with van der Waals surface area (Å²) in [6.45, 7) is 8.77. The molecule has 0 radical (unpaired) electrons. The van der Waals surface area contributed by atoms with Crippen LogP contribution < -0.4 is 0 Å². The van der Waals surface area contributed by atoms with Gasteiger partial charge in [-0.15, -0.1) is 0 Å². The van der Waals surface area contributed by atoms with Crippen LogP contribution in [0.1, 0.15) is 27.7 Å². The molecule has 0 spiro atoms. The third kappa shape index (κ3) is 2.74. The van der Waals surface area contributed by atoms with Crippen LogP contribution in [-0.4, -0.2) is 34.3 Å². The van der Waals surface area contributed by atoms with Gasteiger partial charge in [0.2, 0.25) is 5.91 Å². The molecule has 0 aromatic carbocycles. The maximum absolute atomic E-state index is 11.7. The van der Waals surface area contributed by atoms with Gasteiger partial charge >= 0.3 is 0 Å². The number of hydrogen-bond acceptors (Lipinski definition) is 3. The Morgan fingerprint density at radius 1 is 1.29 bits per heavy atom. The van der Waals surface area contributed by atoms with E-state index in [0.29, 0.717) is 5.25 Å². The SMILES string of the molecule is CC(=O)SC1CN(C(=O)C(C)(C)C)C1. The molecule has 1 amide bonds. The van der Waals surface area contributed by atoms with Gasteiger partial charge in [0.25, 0.3) is 0 Å². The molecule has 1 heterocycles. The molecule has 0 aliphatic carbocycles. The number of hydrogen-bond donors (Lipinski definition) is 0. The summed E-state index contributed by atoms with van der Waals surface area (Å²) in [5.74, 6) is 0.179. The summed E-state index contributed by atoms with van der Waals surface area (Å²) in [5, 5.41) is 0.455. The van der Waals surface area contributed by atoms with Crippen molar-refractivity contribution in [3.05, 3.63) is 0 Å². The fraction of sp³-hybridized carbons (Fsp3) is 0.800. The van der Waals surface area contributed by atoms with E-state index in [2.05, 4.69) is 0 Å². The van der Waals surface area contributed by atoms with Crippen molar-refractivity contribution in [3.8, 4) is 0 Å². The molecule has 4 heteroatoms. The van der Waals surface area contributed by atoms with Crippen LogP contribution in [-0.2, 0) is 9.59 Å². The van der Waals surface area contributed by atoms with Crippen molar-refractivity contribution in [3.63, 3.8) is 0 Å². The average Bonchev–Trinajstić information content (AvgIpc) is 1.92. The average molecular weight is 215 g/mol. The second-order valence-electron chi connectivity index (χ2n) is 4.69. The quantitative estimate of drug-likeness (QED) is 0.665. The fourth-order valence-corrected chi connectivity index (χ4v) is 2.37. The Balaban J connectivity index is 2.35. The van der Waals surface area contributed by atoms with E-state index in [1.165, 1.54) is 11.8 Å². The third-order valence-electron chi connectivity index (χ3n) is 2.11. The van der Waals surface area contributed by atoms with E-state index in [1.54, 1.807) is 6.92 Å². The molecule has 1 aliphatic rings. The number of thioether (sulfide) groups is 1. The first-order valence-corrected chi connectivity index (χ1v) is 5.65. The Morgan fingerprint density at radius 3 is 2.14 bits per heavy atom. The first kappa shape index (κ1) is 11.6. The maximum Gasteiger partial charge on any atom is 0.228 e. The molecule has 0 saturated carbocycles. The summed E-state index contributed by atoms with van der Waals surface area (Å²) in [5.41, 5.74) is -0.300. The van der Waals surface area contributed by atoms with Crippen molar-refractivity contribution < 1.29 is 9.59 Å². The van der Waals surface area contributed by atoms with E-state index in [1.807, 2.05) is 25.7 Å². The zero-order valence-corrected chi connectivity index (χ0v) is 9.98. The van der Waals surface area contributed by atoms with Gasteiger partial charge in [-0.25, -0.2) is 0 Å². The number of likely N-dealkylation sites (tertiary alicyclic amines) is 1. The van der Waals surface area contributed by atoms with Gasteiger partial charge < -0.3 is 4.90 Å². The van der Waals surface area contributed by atoms with Crippen LogP contribution in [0.5, 0.6) is 0 Å². The molecular weight excluding hydrogens is 198 g/mol. The highest BCUT2D eigenvalue weighted by Crippen LogP contribution is 2.27. The van der Waals surface area contributed by atoms with Gasteiger partial charge in [0.05, 0.1) is 0 Å². The molecule has 0 aromatic heterocycles. The van der Waals surface area contributed by atoms with Crippen molar-refractivity contribution in [1.82, 2.24) is 4.90 Å². The van der Waals surface area contributed by atoms with E-state index >= 15 is 0 Å². The van der Waals surface area contributed by atoms with Gasteiger partial charge in [-0.3, -0.25) is 9.59 Å². The second kappa shape index (κ2) is 3.93. The van der Waals surface area contributed by atoms with Crippen molar-refractivity contribution in [2.45, 2.75) is 32.9 Å². The standard InChI is InChI=1S/C10H17NO2S/c1-7(12)14-8-5-11(6-8)9(13)10(2,3)4/h8H,5-6H2,1-4H3. The Morgan fingerprint density at radius 2 is 1.79 bits per heavy atom. The Hall–Kier alpha value is -0.510. The van der Waals surface area contributed by atoms with Crippen molar-refractivity contribution in [2.24, 2.45) is 5.41 Å². The summed E-state index contributed by atoms with van der Waals surface area (Å²) in [6, 6.07) is 0. The van der Waals surface area contributed by atoms with Crippen LogP contribution in [0.3, 0.4) is 0 Å². The lowest BCUT2D eigenvalue weighted by molar-refractivity contribution is -0.142. The molecule has 14 heavy (non-hydrogen) atoms. The van der Waals surface area contributed by atoms with Crippen LogP contribution in [0.25, 0.3) is 0 Å². The minimum absolute atomic E-state index is 0.137. The van der Waals surface area contributed by atoms with Gasteiger partial charge in [0.1, 0.15) is 0 Å². The van der Waals surface area contributed by atoms with E-state index < -0.39 is 0 Å². The number of nitrogens with zero attached hydrogens (tertiary/aromatic N) is 1. The smallest absolute Gasteiger partial charge is 0.228 e. The lowest BCUT2D eigenvalue weighted by Crippen LogP contribution is -2.55. The largest absolute Gasteiger partial charge is 0.340 e. The molecule has 0 atom stereocenters. The number of carbonyl (C=O) groups excluding carboxylic acids is 2. The molecule has 0 unspecified atom stereocenters. The Kier molecular flexibility index (Phi) is 3.24. The maximum atomic E-state index is 11.7. The highest BCUT2D eigenvalue weighted by atomic mass is 32.2. The van der Waals surface area contributed by atoms with E-state index in [-0.39, 0.29) is 16.4 Å². The van der Waals surface area contributed by atoms with Crippen LogP contribution in [0.4, 0.5) is 0 Å². The summed E-state index contributed by atoms with van der Waals surface area (Å²) in [6.07, 6.45) is 0. The van der Waals surface area contributed by atoms with Crippen molar-refractivity contribution in [2.75, 3.05) is 13.1 Å². The Bertz CT molecular complexity index is 251. The van der Waals surface area contributed by atoms with Gasteiger partial charge in [0.15, 0.2) is 5.12 Å². The van der Waals surface area contributed by atoms with Gasteiger partial charge in [-0.05, 0) is 0 Å². The number of rotatable bonds is 1. The number of carbonyl (C=O) groups is 2. The molecule has 3 nitrogen and oxygen atoms in total. The van der Waals surface area contributed by atoms with E-state index in [4.69, 9.17) is 0 Å². The highest BCUT2D eigenvalue weighted by Gasteiger charge is 2.36. The summed E-state index contributed by atoms with van der Waals surface area (Å²) in [4.78, 5) is 24.3. The van der Waals surface area contributed by atoms with Gasteiger partial charge in [-0.2, -0.15) is 0 Å². The molecule has 80 valence electrons. The Labute approximate surface area is 89.2 Å². The predicted molar refractivity (Wildman–Crippen MR) is 58.1 cm³/mol. The molecule has 0 N–H and O–H groups in total. The molecule has 1 aliphatic heterocycles. The minimum atomic E-state index is -0.300. The highest BCUT2D eigenvalue weighted by molar-refractivity contribution is 8.14. The van der Waals surface area contributed by atoms with Crippen molar-refractivity contribution >= 4 is 22.8 Å². The van der Waals surface area contributed by atoms with Crippen LogP contribution in [0.15, 0.2) is 0 Å². The molecule has 0 aromatic rings. The molecular formula is C10H17NO2S. The summed E-state index contributed by atoms with van der Waals surface area (Å²) >= 11 is 1.34. The first-order chi connectivity index (χ1) is 6.30. The minimum Gasteiger partial charge on any atom is -0.340 e. The predicted octanol–water partition coefficient (Wildman–Crippen LogP) is 1.52. The molecule has 0 bridgehead atoms. The van der Waals surface area contributed by atoms with E-state index in [0.717, 1.165) is 13.1 Å². The van der Waals surface area contributed by atoms with Crippen LogP contribution in [0, 0.1) is 5.41 Å². The van der Waals surface area contributed by atoms with Gasteiger partial charge in [0, 0.05) is 30.7 Å². The summed E-state index contributed by atoms with van der Waals surface area (Å²) < 4.78 is 0. The van der Waals surface area contributed by atoms with Crippen LogP contribution >= 0.6 is 11.8 Å². The first-order valence-electron chi connectivity index (χ1n) is 4.77. The van der Waals surface area contributed by atoms with Crippen molar-refractivity contribution in [1.29, 1.82) is 0 Å². The van der Waals surface area contributed by atoms with Gasteiger partial charge in [-0.1, -0.05) is 32.5 Å².